The molecule has 0 radical (unpaired) electrons. The molecule has 1 unspecified atom stereocenters. The molecule has 0 bridgehead atoms. The minimum Gasteiger partial charge on any atom is -0.462 e. The third-order valence-corrected chi connectivity index (χ3v) is 14.2. The fourth-order valence-electron chi connectivity index (χ4n) is 9.29. The standard InChI is InChI=1S/C74H124O6/c1-4-7-10-13-16-19-22-25-28-30-32-33-34-35-36-37-38-39-40-41-43-44-46-49-52-55-58-61-64-67-73(76)79-70-71(69-78-72(75)66-63-60-57-54-51-48-27-24-21-18-15-12-9-6-3)80-74(77)68-65-62-59-56-53-50-47-45-42-31-29-26-23-20-17-14-11-8-5-2/h7-8,10-11,16-17,19-20,25-26,28-29,32-33,42,45,50,53,59,62,71H,4-6,9,12-15,18,21-24,27,30-31,34-41,43-44,46-49,51-52,54-58,60-61,63-70H2,1-3H3/b10-7-,11-8-,19-16-,20-17-,28-25-,29-26-,33-32-,45-42-,53-50-,62-59-. The van der Waals surface area contributed by atoms with Crippen LogP contribution >= 0.6 is 0 Å². The molecule has 0 spiro atoms. The van der Waals surface area contributed by atoms with Crippen LogP contribution in [0.15, 0.2) is 122 Å². The molecule has 0 aliphatic rings. The number of unbranched alkanes of at least 4 members (excludes halogenated alkanes) is 29. The summed E-state index contributed by atoms with van der Waals surface area (Å²) >= 11 is 0. The molecule has 0 amide bonds. The van der Waals surface area contributed by atoms with Gasteiger partial charge in [0, 0.05) is 19.3 Å². The van der Waals surface area contributed by atoms with Crippen molar-refractivity contribution in [2.24, 2.45) is 0 Å². The van der Waals surface area contributed by atoms with Crippen LogP contribution in [0.2, 0.25) is 0 Å². The van der Waals surface area contributed by atoms with E-state index >= 15 is 0 Å². The molecule has 456 valence electrons. The number of allylic oxidation sites excluding steroid dienone is 20. The Morgan fingerprint density at radius 3 is 0.812 bits per heavy atom. The number of carbonyl (C=O) groups excluding carboxylic acids is 3. The quantitative estimate of drug-likeness (QED) is 0.0261. The van der Waals surface area contributed by atoms with E-state index in [1.54, 1.807) is 0 Å². The summed E-state index contributed by atoms with van der Waals surface area (Å²) in [5.41, 5.74) is 0. The molecule has 0 aromatic heterocycles. The van der Waals surface area contributed by atoms with Gasteiger partial charge in [-0.05, 0) is 96.3 Å². The van der Waals surface area contributed by atoms with E-state index in [-0.39, 0.29) is 37.5 Å². The molecule has 6 nitrogen and oxygen atoms in total. The van der Waals surface area contributed by atoms with Crippen LogP contribution in [0.3, 0.4) is 0 Å². The molecule has 0 N–H and O–H groups in total. The zero-order valence-corrected chi connectivity index (χ0v) is 52.3. The van der Waals surface area contributed by atoms with E-state index in [9.17, 15) is 14.4 Å². The first-order valence-electron chi connectivity index (χ1n) is 33.5. The molecule has 0 aliphatic heterocycles. The Morgan fingerprint density at radius 1 is 0.263 bits per heavy atom. The fraction of sp³-hybridized carbons (Fsp3) is 0.689. The van der Waals surface area contributed by atoms with Gasteiger partial charge in [0.15, 0.2) is 6.10 Å². The Hall–Kier alpha value is -4.19. The molecular formula is C74H124O6. The predicted molar refractivity (Wildman–Crippen MR) is 348 cm³/mol. The molecule has 0 aromatic carbocycles. The second kappa shape index (κ2) is 67.3. The molecule has 0 aromatic rings. The lowest BCUT2D eigenvalue weighted by Crippen LogP contribution is -2.30. The van der Waals surface area contributed by atoms with Crippen molar-refractivity contribution in [3.8, 4) is 0 Å². The summed E-state index contributed by atoms with van der Waals surface area (Å²) < 4.78 is 16.9. The van der Waals surface area contributed by atoms with Crippen LogP contribution in [0.1, 0.15) is 310 Å². The third-order valence-electron chi connectivity index (χ3n) is 14.2. The molecule has 80 heavy (non-hydrogen) atoms. The fourth-order valence-corrected chi connectivity index (χ4v) is 9.29. The monoisotopic (exact) mass is 1110 g/mol. The highest BCUT2D eigenvalue weighted by Gasteiger charge is 2.19. The Balaban J connectivity index is 4.34. The van der Waals surface area contributed by atoms with Gasteiger partial charge < -0.3 is 14.2 Å². The third kappa shape index (κ3) is 64.6. The van der Waals surface area contributed by atoms with Crippen LogP contribution in [0.4, 0.5) is 0 Å². The average Bonchev–Trinajstić information content (AvgIpc) is 3.46. The Labute approximate surface area is 494 Å². The van der Waals surface area contributed by atoms with Crippen molar-refractivity contribution in [2.45, 2.75) is 316 Å². The second-order valence-electron chi connectivity index (χ2n) is 22.0. The van der Waals surface area contributed by atoms with Gasteiger partial charge in [-0.3, -0.25) is 14.4 Å². The highest BCUT2D eigenvalue weighted by molar-refractivity contribution is 5.71. The lowest BCUT2D eigenvalue weighted by molar-refractivity contribution is -0.166. The second-order valence-corrected chi connectivity index (χ2v) is 22.0. The van der Waals surface area contributed by atoms with E-state index in [0.717, 1.165) is 103 Å². The van der Waals surface area contributed by atoms with Crippen LogP contribution in [-0.4, -0.2) is 37.2 Å². The number of carbonyl (C=O) groups is 3. The van der Waals surface area contributed by atoms with Crippen LogP contribution in [0.25, 0.3) is 0 Å². The number of ether oxygens (including phenoxy) is 3. The molecule has 0 saturated carbocycles. The van der Waals surface area contributed by atoms with Crippen LogP contribution < -0.4 is 0 Å². The van der Waals surface area contributed by atoms with Gasteiger partial charge in [0.2, 0.25) is 0 Å². The van der Waals surface area contributed by atoms with Crippen molar-refractivity contribution in [3.05, 3.63) is 122 Å². The largest absolute Gasteiger partial charge is 0.462 e. The smallest absolute Gasteiger partial charge is 0.306 e. The summed E-state index contributed by atoms with van der Waals surface area (Å²) in [4.78, 5) is 38.3. The number of hydrogen-bond acceptors (Lipinski definition) is 6. The molecule has 6 heteroatoms. The molecular weight excluding hydrogens is 985 g/mol. The van der Waals surface area contributed by atoms with Gasteiger partial charge in [0.1, 0.15) is 13.2 Å². The van der Waals surface area contributed by atoms with Crippen molar-refractivity contribution in [2.75, 3.05) is 13.2 Å². The topological polar surface area (TPSA) is 78.9 Å². The first-order chi connectivity index (χ1) is 39.5. The molecule has 0 saturated heterocycles. The molecule has 0 aliphatic carbocycles. The summed E-state index contributed by atoms with van der Waals surface area (Å²) in [6, 6.07) is 0. The normalized spacial score (nSPS) is 12.9. The summed E-state index contributed by atoms with van der Waals surface area (Å²) in [5, 5.41) is 0. The minimum absolute atomic E-state index is 0.106. The zero-order chi connectivity index (χ0) is 57.8. The van der Waals surface area contributed by atoms with Gasteiger partial charge in [0.25, 0.3) is 0 Å². The Morgan fingerprint density at radius 2 is 0.512 bits per heavy atom. The lowest BCUT2D eigenvalue weighted by atomic mass is 10.0. The molecule has 1 atom stereocenters. The molecule has 0 heterocycles. The van der Waals surface area contributed by atoms with Gasteiger partial charge in [-0.1, -0.05) is 316 Å². The SMILES string of the molecule is CC/C=C\C/C=C\C/C=C\C/C=C\C/C=C\C/C=C\CCC(=O)OC(COC(=O)CCCCCCCCCCCCCCCC)COC(=O)CCCCCCCCCCCCCCCCCC/C=C\C/C=C\C/C=C\C/C=C\CC. The Kier molecular flexibility index (Phi) is 63.8. The maximum absolute atomic E-state index is 12.9. The van der Waals surface area contributed by atoms with E-state index in [1.807, 2.05) is 6.08 Å². The van der Waals surface area contributed by atoms with Crippen LogP contribution in [-0.2, 0) is 28.6 Å². The predicted octanol–water partition coefficient (Wildman–Crippen LogP) is 23.2. The van der Waals surface area contributed by atoms with Crippen molar-refractivity contribution in [3.63, 3.8) is 0 Å². The summed E-state index contributed by atoms with van der Waals surface area (Å²) in [6.45, 7) is 6.38. The van der Waals surface area contributed by atoms with Crippen molar-refractivity contribution in [1.29, 1.82) is 0 Å². The van der Waals surface area contributed by atoms with Crippen molar-refractivity contribution >= 4 is 17.9 Å². The summed E-state index contributed by atoms with van der Waals surface area (Å²) in [7, 11) is 0. The highest BCUT2D eigenvalue weighted by atomic mass is 16.6. The van der Waals surface area contributed by atoms with Crippen molar-refractivity contribution in [1.82, 2.24) is 0 Å². The zero-order valence-electron chi connectivity index (χ0n) is 52.3. The van der Waals surface area contributed by atoms with Gasteiger partial charge in [-0.2, -0.15) is 0 Å². The lowest BCUT2D eigenvalue weighted by Gasteiger charge is -2.18. The average molecular weight is 1110 g/mol. The van der Waals surface area contributed by atoms with E-state index in [0.29, 0.717) is 19.3 Å². The summed E-state index contributed by atoms with van der Waals surface area (Å²) in [5.74, 6) is -0.981. The van der Waals surface area contributed by atoms with Crippen molar-refractivity contribution < 1.29 is 28.6 Å². The van der Waals surface area contributed by atoms with Crippen LogP contribution in [0.5, 0.6) is 0 Å². The van der Waals surface area contributed by atoms with E-state index in [4.69, 9.17) is 14.2 Å². The maximum atomic E-state index is 12.9. The van der Waals surface area contributed by atoms with Gasteiger partial charge >= 0.3 is 17.9 Å². The first-order valence-corrected chi connectivity index (χ1v) is 33.5. The van der Waals surface area contributed by atoms with Crippen LogP contribution in [0, 0.1) is 0 Å². The number of hydrogen-bond donors (Lipinski definition) is 0. The van der Waals surface area contributed by atoms with Gasteiger partial charge in [0.05, 0.1) is 0 Å². The van der Waals surface area contributed by atoms with E-state index < -0.39 is 6.10 Å². The van der Waals surface area contributed by atoms with Gasteiger partial charge in [-0.25, -0.2) is 0 Å². The molecule has 0 rings (SSSR count). The number of rotatable bonds is 60. The Bertz CT molecular complexity index is 1650. The molecule has 0 fully saturated rings. The first kappa shape index (κ1) is 75.8. The maximum Gasteiger partial charge on any atom is 0.306 e. The summed E-state index contributed by atoms with van der Waals surface area (Å²) in [6.07, 6.45) is 93.7. The van der Waals surface area contributed by atoms with Gasteiger partial charge in [-0.15, -0.1) is 0 Å². The highest BCUT2D eigenvalue weighted by Crippen LogP contribution is 2.17. The number of esters is 3. The van der Waals surface area contributed by atoms with E-state index in [2.05, 4.69) is 136 Å². The minimum atomic E-state index is -0.820. The van der Waals surface area contributed by atoms with E-state index in [1.165, 1.54) is 161 Å².